The second kappa shape index (κ2) is 7.59. The third-order valence-corrected chi connectivity index (χ3v) is 4.16. The monoisotopic (exact) mass is 433 g/mol. The fourth-order valence-corrected chi connectivity index (χ4v) is 2.85. The first-order valence-corrected chi connectivity index (χ1v) is 8.49. The van der Waals surface area contributed by atoms with Gasteiger partial charge in [-0.2, -0.15) is 5.26 Å². The number of hydrogen-bond acceptors (Lipinski definition) is 7. The molecule has 1 heterocycles. The fourth-order valence-electron chi connectivity index (χ4n) is 2.44. The molecule has 0 radical (unpaired) electrons. The predicted octanol–water partition coefficient (Wildman–Crippen LogP) is 2.70. The maximum atomic E-state index is 14.2. The highest BCUT2D eigenvalue weighted by Gasteiger charge is 2.24. The Balaban J connectivity index is 1.86. The van der Waals surface area contributed by atoms with E-state index in [2.05, 4.69) is 36.5 Å². The van der Waals surface area contributed by atoms with Crippen LogP contribution < -0.4 is 21.3 Å². The Morgan fingerprint density at radius 2 is 1.85 bits per heavy atom. The Bertz CT molecular complexity index is 943. The molecule has 0 aromatic heterocycles. The second-order valence-corrected chi connectivity index (χ2v) is 6.52. The van der Waals surface area contributed by atoms with Crippen molar-refractivity contribution >= 4 is 39.2 Å². The van der Waals surface area contributed by atoms with E-state index in [4.69, 9.17) is 11.0 Å². The number of anilines is 2. The molecule has 3 rings (SSSR count). The number of hydrogen-bond donors (Lipinski definition) is 3. The predicted molar refractivity (Wildman–Crippen MR) is 103 cm³/mol. The van der Waals surface area contributed by atoms with Crippen LogP contribution in [0.5, 0.6) is 0 Å². The van der Waals surface area contributed by atoms with Crippen molar-refractivity contribution in [1.82, 2.24) is 5.32 Å². The summed E-state index contributed by atoms with van der Waals surface area (Å²) >= 11 is 3.04. The molecule has 7 nitrogen and oxygen atoms in total. The van der Waals surface area contributed by atoms with E-state index in [1.807, 2.05) is 6.07 Å². The molecule has 0 amide bonds. The zero-order chi connectivity index (χ0) is 19.6. The molecule has 0 spiro atoms. The summed E-state index contributed by atoms with van der Waals surface area (Å²) in [6, 6.07) is 11.0. The number of aliphatic imine (C=N–C) groups is 2. The van der Waals surface area contributed by atoms with Gasteiger partial charge in [0, 0.05) is 17.2 Å². The minimum absolute atomic E-state index is 0.0379. The van der Waals surface area contributed by atoms with Crippen molar-refractivity contribution < 1.29 is 8.78 Å². The van der Waals surface area contributed by atoms with E-state index in [0.29, 0.717) is 11.3 Å². The Labute approximate surface area is 162 Å². The van der Waals surface area contributed by atoms with Gasteiger partial charge in [0.1, 0.15) is 5.69 Å². The zero-order valence-electron chi connectivity index (χ0n) is 14.0. The van der Waals surface area contributed by atoms with Gasteiger partial charge in [0.05, 0.1) is 11.6 Å². The van der Waals surface area contributed by atoms with Crippen molar-refractivity contribution in [1.29, 1.82) is 5.26 Å². The maximum Gasteiger partial charge on any atom is 0.223 e. The SMILES string of the molecule is CN(c1c(F)cc(Br)cc1F)C1N=C(N)NC(Nc2ccc(C#N)cc2)=N1. The van der Waals surface area contributed by atoms with Crippen molar-refractivity contribution in [2.24, 2.45) is 15.7 Å². The summed E-state index contributed by atoms with van der Waals surface area (Å²) in [6.45, 7) is 0. The first-order valence-electron chi connectivity index (χ1n) is 7.70. The first kappa shape index (κ1) is 18.6. The molecule has 2 aromatic carbocycles. The molecule has 0 saturated heterocycles. The van der Waals surface area contributed by atoms with Gasteiger partial charge >= 0.3 is 0 Å². The average Bonchev–Trinajstić information content (AvgIpc) is 2.61. The quantitative estimate of drug-likeness (QED) is 0.690. The third-order valence-electron chi connectivity index (χ3n) is 3.70. The number of nitrogens with one attached hydrogen (secondary N) is 2. The molecule has 1 aliphatic heterocycles. The van der Waals surface area contributed by atoms with Crippen LogP contribution in [0.15, 0.2) is 50.9 Å². The summed E-state index contributed by atoms with van der Waals surface area (Å²) in [6.07, 6.45) is -0.975. The lowest BCUT2D eigenvalue weighted by Gasteiger charge is -2.28. The van der Waals surface area contributed by atoms with Crippen molar-refractivity contribution in [2.75, 3.05) is 17.3 Å². The molecule has 0 fully saturated rings. The molecule has 27 heavy (non-hydrogen) atoms. The molecule has 4 N–H and O–H groups in total. The summed E-state index contributed by atoms with van der Waals surface area (Å²) in [5.41, 5.74) is 6.67. The minimum Gasteiger partial charge on any atom is -0.370 e. The first-order chi connectivity index (χ1) is 12.9. The molecule has 138 valence electrons. The number of guanidine groups is 2. The Hall–Kier alpha value is -3.19. The van der Waals surface area contributed by atoms with Gasteiger partial charge in [0.25, 0.3) is 0 Å². The van der Waals surface area contributed by atoms with Crippen LogP contribution in [0.1, 0.15) is 5.56 Å². The molecule has 10 heteroatoms. The Morgan fingerprint density at radius 3 is 2.44 bits per heavy atom. The third kappa shape index (κ3) is 4.15. The normalized spacial score (nSPS) is 15.9. The summed E-state index contributed by atoms with van der Waals surface area (Å²) in [5, 5.41) is 14.6. The number of rotatable bonds is 3. The number of nitrogens with two attached hydrogens (primary N) is 1. The number of nitrogens with zero attached hydrogens (tertiary/aromatic N) is 4. The molecule has 2 aromatic rings. The number of nitriles is 1. The summed E-state index contributed by atoms with van der Waals surface area (Å²) in [7, 11) is 1.46. The highest BCUT2D eigenvalue weighted by Crippen LogP contribution is 2.28. The Morgan fingerprint density at radius 1 is 1.22 bits per heavy atom. The van der Waals surface area contributed by atoms with Crippen LogP contribution in [0.4, 0.5) is 20.2 Å². The standard InChI is InChI=1S/C17H14BrF2N7/c1-27(14-12(19)6-10(18)7-13(14)20)17-25-15(22)24-16(26-17)23-11-4-2-9(8-21)3-5-11/h2-7,17H,1H3,(H4,22,23,24,25,26). The molecular formula is C17H14BrF2N7. The van der Waals surface area contributed by atoms with Gasteiger partial charge in [0.2, 0.25) is 12.2 Å². The highest BCUT2D eigenvalue weighted by atomic mass is 79.9. The molecule has 0 bridgehead atoms. The van der Waals surface area contributed by atoms with Gasteiger partial charge in [-0.05, 0) is 36.4 Å². The smallest absolute Gasteiger partial charge is 0.223 e. The van der Waals surface area contributed by atoms with Crippen LogP contribution in [0.25, 0.3) is 0 Å². The van der Waals surface area contributed by atoms with Crippen molar-refractivity contribution in [3.05, 3.63) is 58.1 Å². The van der Waals surface area contributed by atoms with E-state index in [0.717, 1.165) is 12.1 Å². The fraction of sp³-hybridized carbons (Fsp3) is 0.118. The molecule has 0 saturated carbocycles. The van der Waals surface area contributed by atoms with E-state index < -0.39 is 17.9 Å². The van der Waals surface area contributed by atoms with Crippen LogP contribution in [-0.2, 0) is 0 Å². The van der Waals surface area contributed by atoms with Crippen LogP contribution in [0.2, 0.25) is 0 Å². The molecule has 1 aliphatic rings. The average molecular weight is 434 g/mol. The van der Waals surface area contributed by atoms with Crippen LogP contribution in [0, 0.1) is 23.0 Å². The van der Waals surface area contributed by atoms with Gasteiger partial charge in [-0.15, -0.1) is 0 Å². The highest BCUT2D eigenvalue weighted by molar-refractivity contribution is 9.10. The molecule has 1 unspecified atom stereocenters. The van der Waals surface area contributed by atoms with Crippen molar-refractivity contribution in [2.45, 2.75) is 6.29 Å². The van der Waals surface area contributed by atoms with Gasteiger partial charge in [-0.25, -0.2) is 18.8 Å². The summed E-state index contributed by atoms with van der Waals surface area (Å²) in [4.78, 5) is 9.61. The van der Waals surface area contributed by atoms with E-state index >= 15 is 0 Å². The van der Waals surface area contributed by atoms with Gasteiger partial charge in [-0.1, -0.05) is 15.9 Å². The molecule has 0 aliphatic carbocycles. The summed E-state index contributed by atoms with van der Waals surface area (Å²) in [5.74, 6) is -1.22. The lowest BCUT2D eigenvalue weighted by Crippen LogP contribution is -2.48. The largest absolute Gasteiger partial charge is 0.370 e. The molecule has 1 atom stereocenters. The van der Waals surface area contributed by atoms with E-state index in [1.54, 1.807) is 24.3 Å². The maximum absolute atomic E-state index is 14.2. The Kier molecular flexibility index (Phi) is 5.23. The number of benzene rings is 2. The lowest BCUT2D eigenvalue weighted by atomic mass is 10.2. The second-order valence-electron chi connectivity index (χ2n) is 5.61. The van der Waals surface area contributed by atoms with Gasteiger partial charge in [0.15, 0.2) is 17.6 Å². The lowest BCUT2D eigenvalue weighted by molar-refractivity contribution is 0.557. The number of halogens is 3. The van der Waals surface area contributed by atoms with Crippen LogP contribution in [-0.4, -0.2) is 25.3 Å². The van der Waals surface area contributed by atoms with Crippen molar-refractivity contribution in [3.8, 4) is 6.07 Å². The van der Waals surface area contributed by atoms with E-state index in [-0.39, 0.29) is 22.1 Å². The topological polar surface area (TPSA) is 102 Å². The van der Waals surface area contributed by atoms with E-state index in [9.17, 15) is 8.78 Å². The zero-order valence-corrected chi connectivity index (χ0v) is 15.6. The van der Waals surface area contributed by atoms with E-state index in [1.165, 1.54) is 11.9 Å². The molecular weight excluding hydrogens is 420 g/mol. The van der Waals surface area contributed by atoms with Crippen molar-refractivity contribution in [3.63, 3.8) is 0 Å². The summed E-state index contributed by atoms with van der Waals surface area (Å²) < 4.78 is 28.8. The van der Waals surface area contributed by atoms with Gasteiger partial charge < -0.3 is 16.0 Å². The minimum atomic E-state index is -0.975. The van der Waals surface area contributed by atoms with Gasteiger partial charge in [-0.3, -0.25) is 5.32 Å². The van der Waals surface area contributed by atoms with Crippen LogP contribution in [0.3, 0.4) is 0 Å². The van der Waals surface area contributed by atoms with Crippen LogP contribution >= 0.6 is 15.9 Å².